The molecule has 0 saturated carbocycles. The zero-order chi connectivity index (χ0) is 15.4. The number of hydrogen-bond donors (Lipinski definition) is 1. The Kier molecular flexibility index (Phi) is 4.56. The minimum absolute atomic E-state index is 0.160. The summed E-state index contributed by atoms with van der Waals surface area (Å²) in [6.45, 7) is 4.61. The quantitative estimate of drug-likeness (QED) is 0.919. The first-order valence-electron chi connectivity index (χ1n) is 8.07. The second kappa shape index (κ2) is 6.77. The maximum absolute atomic E-state index is 12.8. The minimum atomic E-state index is 0.160. The maximum atomic E-state index is 12.8. The van der Waals surface area contributed by atoms with Crippen molar-refractivity contribution in [3.05, 3.63) is 35.9 Å². The van der Waals surface area contributed by atoms with Crippen molar-refractivity contribution >= 4 is 5.91 Å². The average Bonchev–Trinajstić information content (AvgIpc) is 3.19. The number of nitrogens with zero attached hydrogens (tertiary/aromatic N) is 4. The van der Waals surface area contributed by atoms with Crippen molar-refractivity contribution in [2.24, 2.45) is 5.92 Å². The summed E-state index contributed by atoms with van der Waals surface area (Å²) in [6.07, 6.45) is 9.60. The van der Waals surface area contributed by atoms with Gasteiger partial charge in [0.1, 0.15) is 0 Å². The molecule has 3 rings (SSSR count). The van der Waals surface area contributed by atoms with Crippen LogP contribution in [0.15, 0.2) is 24.7 Å². The van der Waals surface area contributed by atoms with E-state index < -0.39 is 0 Å². The Bertz CT molecular complexity index is 604. The summed E-state index contributed by atoms with van der Waals surface area (Å²) in [6, 6.07) is 1.91. The van der Waals surface area contributed by atoms with Crippen LogP contribution in [0.2, 0.25) is 0 Å². The molecule has 0 spiro atoms. The Balaban J connectivity index is 1.66. The van der Waals surface area contributed by atoms with Gasteiger partial charge in [0.05, 0.1) is 11.8 Å². The Labute approximate surface area is 130 Å². The highest BCUT2D eigenvalue weighted by Crippen LogP contribution is 2.21. The largest absolute Gasteiger partial charge is 0.364 e. The summed E-state index contributed by atoms with van der Waals surface area (Å²) in [4.78, 5) is 18.0. The van der Waals surface area contributed by atoms with Crippen molar-refractivity contribution in [3.8, 4) is 0 Å². The number of nitrogens with one attached hydrogen (secondary N) is 1. The van der Waals surface area contributed by atoms with E-state index in [0.29, 0.717) is 5.92 Å². The zero-order valence-electron chi connectivity index (χ0n) is 13.0. The molecule has 6 heteroatoms. The standard InChI is InChI=1S/C16H23N5O/c1-2-4-15-14(6-7-17-15)16(22)20-9-3-5-13(11-20)12-21-10-8-18-19-21/h6-8,10,13,17H,2-5,9,11-12H2,1H3. The van der Waals surface area contributed by atoms with Crippen LogP contribution in [0.3, 0.4) is 0 Å². The number of likely N-dealkylation sites (tertiary alicyclic amines) is 1. The first kappa shape index (κ1) is 14.8. The molecule has 1 amide bonds. The van der Waals surface area contributed by atoms with E-state index in [0.717, 1.165) is 56.6 Å². The third-order valence-corrected chi connectivity index (χ3v) is 4.29. The van der Waals surface area contributed by atoms with Crippen molar-refractivity contribution in [2.45, 2.75) is 39.2 Å². The van der Waals surface area contributed by atoms with Crippen molar-refractivity contribution in [1.29, 1.82) is 0 Å². The first-order chi connectivity index (χ1) is 10.8. The lowest BCUT2D eigenvalue weighted by molar-refractivity contribution is 0.0658. The highest BCUT2D eigenvalue weighted by atomic mass is 16.2. The lowest BCUT2D eigenvalue weighted by atomic mass is 9.97. The van der Waals surface area contributed by atoms with Crippen molar-refractivity contribution in [2.75, 3.05) is 13.1 Å². The van der Waals surface area contributed by atoms with Gasteiger partial charge in [0.25, 0.3) is 5.91 Å². The van der Waals surface area contributed by atoms with Crippen LogP contribution >= 0.6 is 0 Å². The smallest absolute Gasteiger partial charge is 0.255 e. The van der Waals surface area contributed by atoms with E-state index in [-0.39, 0.29) is 5.91 Å². The molecule has 1 N–H and O–H groups in total. The van der Waals surface area contributed by atoms with Crippen molar-refractivity contribution in [1.82, 2.24) is 24.9 Å². The predicted octanol–water partition coefficient (Wildman–Crippen LogP) is 2.11. The molecule has 2 aromatic rings. The van der Waals surface area contributed by atoms with Crippen LogP contribution in [0.4, 0.5) is 0 Å². The summed E-state index contributed by atoms with van der Waals surface area (Å²) in [7, 11) is 0. The van der Waals surface area contributed by atoms with E-state index in [1.807, 2.05) is 28.0 Å². The van der Waals surface area contributed by atoms with Crippen molar-refractivity contribution < 1.29 is 4.79 Å². The normalized spacial score (nSPS) is 18.6. The van der Waals surface area contributed by atoms with Gasteiger partial charge in [-0.05, 0) is 31.2 Å². The molecule has 1 saturated heterocycles. The van der Waals surface area contributed by atoms with Gasteiger partial charge in [-0.2, -0.15) is 0 Å². The number of amides is 1. The van der Waals surface area contributed by atoms with E-state index in [4.69, 9.17) is 0 Å². The number of aryl methyl sites for hydroxylation is 1. The van der Waals surface area contributed by atoms with Crippen LogP contribution in [0, 0.1) is 5.92 Å². The van der Waals surface area contributed by atoms with Gasteiger partial charge in [0, 0.05) is 37.7 Å². The lowest BCUT2D eigenvalue weighted by Gasteiger charge is -2.32. The predicted molar refractivity (Wildman–Crippen MR) is 83.4 cm³/mol. The Hall–Kier alpha value is -2.11. The molecule has 118 valence electrons. The van der Waals surface area contributed by atoms with Gasteiger partial charge >= 0.3 is 0 Å². The van der Waals surface area contributed by atoms with Crippen LogP contribution < -0.4 is 0 Å². The molecule has 1 atom stereocenters. The molecular weight excluding hydrogens is 278 g/mol. The van der Waals surface area contributed by atoms with Gasteiger partial charge in [0.2, 0.25) is 0 Å². The van der Waals surface area contributed by atoms with Gasteiger partial charge in [-0.3, -0.25) is 9.48 Å². The maximum Gasteiger partial charge on any atom is 0.255 e. The Morgan fingerprint density at radius 1 is 1.50 bits per heavy atom. The van der Waals surface area contributed by atoms with Crippen LogP contribution in [-0.4, -0.2) is 43.9 Å². The number of H-pyrrole nitrogens is 1. The summed E-state index contributed by atoms with van der Waals surface area (Å²) in [5.74, 6) is 0.612. The fraction of sp³-hybridized carbons (Fsp3) is 0.562. The molecule has 0 aliphatic carbocycles. The highest BCUT2D eigenvalue weighted by molar-refractivity contribution is 5.95. The van der Waals surface area contributed by atoms with Crippen LogP contribution in [0.1, 0.15) is 42.2 Å². The molecular formula is C16H23N5O. The SMILES string of the molecule is CCCc1[nH]ccc1C(=O)N1CCCC(Cn2ccnn2)C1. The molecule has 1 aliphatic rings. The lowest BCUT2D eigenvalue weighted by Crippen LogP contribution is -2.41. The van der Waals surface area contributed by atoms with E-state index >= 15 is 0 Å². The molecule has 3 heterocycles. The molecule has 2 aromatic heterocycles. The molecule has 1 fully saturated rings. The van der Waals surface area contributed by atoms with Gasteiger partial charge in [-0.15, -0.1) is 5.10 Å². The third-order valence-electron chi connectivity index (χ3n) is 4.29. The summed E-state index contributed by atoms with van der Waals surface area (Å²) < 4.78 is 1.86. The number of aromatic nitrogens is 4. The second-order valence-electron chi connectivity index (χ2n) is 6.00. The number of carbonyl (C=O) groups excluding carboxylic acids is 1. The molecule has 6 nitrogen and oxygen atoms in total. The first-order valence-corrected chi connectivity index (χ1v) is 8.07. The second-order valence-corrected chi connectivity index (χ2v) is 6.00. The number of piperidine rings is 1. The molecule has 0 radical (unpaired) electrons. The van der Waals surface area contributed by atoms with Crippen LogP contribution in [0.5, 0.6) is 0 Å². The average molecular weight is 301 g/mol. The van der Waals surface area contributed by atoms with E-state index in [1.54, 1.807) is 6.20 Å². The number of rotatable bonds is 5. The summed E-state index contributed by atoms with van der Waals surface area (Å²) in [5, 5.41) is 7.87. The van der Waals surface area contributed by atoms with E-state index in [9.17, 15) is 4.79 Å². The molecule has 22 heavy (non-hydrogen) atoms. The molecule has 0 bridgehead atoms. The van der Waals surface area contributed by atoms with Crippen LogP contribution in [-0.2, 0) is 13.0 Å². The van der Waals surface area contributed by atoms with Gasteiger partial charge < -0.3 is 9.88 Å². The highest BCUT2D eigenvalue weighted by Gasteiger charge is 2.26. The minimum Gasteiger partial charge on any atom is -0.364 e. The topological polar surface area (TPSA) is 66.8 Å². The monoisotopic (exact) mass is 301 g/mol. The molecule has 1 unspecified atom stereocenters. The number of hydrogen-bond acceptors (Lipinski definition) is 3. The Morgan fingerprint density at radius 2 is 2.41 bits per heavy atom. The Morgan fingerprint density at radius 3 is 3.18 bits per heavy atom. The van der Waals surface area contributed by atoms with Gasteiger partial charge in [-0.1, -0.05) is 18.6 Å². The fourth-order valence-corrected chi connectivity index (χ4v) is 3.22. The third kappa shape index (κ3) is 3.21. The van der Waals surface area contributed by atoms with E-state index in [2.05, 4.69) is 22.2 Å². The van der Waals surface area contributed by atoms with Gasteiger partial charge in [-0.25, -0.2) is 0 Å². The van der Waals surface area contributed by atoms with Crippen molar-refractivity contribution in [3.63, 3.8) is 0 Å². The van der Waals surface area contributed by atoms with Crippen LogP contribution in [0.25, 0.3) is 0 Å². The number of carbonyl (C=O) groups is 1. The summed E-state index contributed by atoms with van der Waals surface area (Å²) in [5.41, 5.74) is 1.90. The molecule has 1 aliphatic heterocycles. The number of aromatic amines is 1. The van der Waals surface area contributed by atoms with E-state index in [1.165, 1.54) is 0 Å². The zero-order valence-corrected chi connectivity index (χ0v) is 13.0. The van der Waals surface area contributed by atoms with Gasteiger partial charge in [0.15, 0.2) is 0 Å². The molecule has 0 aromatic carbocycles. The summed E-state index contributed by atoms with van der Waals surface area (Å²) >= 11 is 0. The fourth-order valence-electron chi connectivity index (χ4n) is 3.22.